The van der Waals surface area contributed by atoms with E-state index in [1.165, 1.54) is 16.4 Å². The van der Waals surface area contributed by atoms with Crippen LogP contribution in [-0.4, -0.2) is 37.5 Å². The van der Waals surface area contributed by atoms with E-state index in [9.17, 15) is 8.42 Å². The summed E-state index contributed by atoms with van der Waals surface area (Å²) >= 11 is 0.937. The van der Waals surface area contributed by atoms with E-state index >= 15 is 0 Å². The molecule has 0 unspecified atom stereocenters. The van der Waals surface area contributed by atoms with Gasteiger partial charge in [0, 0.05) is 13.1 Å². The highest BCUT2D eigenvalue weighted by Gasteiger charge is 2.24. The zero-order chi connectivity index (χ0) is 12.2. The maximum absolute atomic E-state index is 12.0. The van der Waals surface area contributed by atoms with Crippen molar-refractivity contribution in [2.45, 2.75) is 11.1 Å². The van der Waals surface area contributed by atoms with E-state index < -0.39 is 10.0 Å². The molecular weight excluding hydrogens is 248 g/mol. The summed E-state index contributed by atoms with van der Waals surface area (Å²) < 4.78 is 25.3. The molecule has 1 aromatic rings. The van der Waals surface area contributed by atoms with E-state index in [1.54, 1.807) is 6.92 Å². The zero-order valence-corrected chi connectivity index (χ0v) is 10.4. The van der Waals surface area contributed by atoms with Crippen LogP contribution >= 0.6 is 11.3 Å². The van der Waals surface area contributed by atoms with Gasteiger partial charge in [0.15, 0.2) is 0 Å². The van der Waals surface area contributed by atoms with Gasteiger partial charge < -0.3 is 5.11 Å². The van der Waals surface area contributed by atoms with Crippen molar-refractivity contribution >= 4 is 21.4 Å². The average Bonchev–Trinajstić information content (AvgIpc) is 2.74. The molecule has 0 amide bonds. The monoisotopic (exact) mass is 260 g/mol. The molecule has 16 heavy (non-hydrogen) atoms. The highest BCUT2D eigenvalue weighted by Crippen LogP contribution is 2.24. The lowest BCUT2D eigenvalue weighted by Gasteiger charge is -2.17. The molecule has 1 rings (SSSR count). The fourth-order valence-electron chi connectivity index (χ4n) is 1.21. The number of aliphatic hydroxyl groups is 1. The standard InChI is InChI=1S/C9H12N2O3S2/c1-2-11(5-6-12)16(13,14)9-4-3-8(7-10)15-9/h3-4,12H,2,5-6H2,1H3. The predicted octanol–water partition coefficient (Wildman–Crippen LogP) is 0.623. The molecule has 7 heteroatoms. The van der Waals surface area contributed by atoms with Gasteiger partial charge >= 0.3 is 0 Å². The third-order valence-corrected chi connectivity index (χ3v) is 5.42. The van der Waals surface area contributed by atoms with Gasteiger partial charge in [-0.15, -0.1) is 11.3 Å². The molecule has 0 spiro atoms. The van der Waals surface area contributed by atoms with Crippen molar-refractivity contribution in [2.24, 2.45) is 0 Å². The number of thiophene rings is 1. The van der Waals surface area contributed by atoms with Crippen molar-refractivity contribution in [3.8, 4) is 6.07 Å². The van der Waals surface area contributed by atoms with Crippen LogP contribution in [0.4, 0.5) is 0 Å². The van der Waals surface area contributed by atoms with Crippen LogP contribution in [-0.2, 0) is 10.0 Å². The average molecular weight is 260 g/mol. The minimum atomic E-state index is -3.56. The third kappa shape index (κ3) is 2.59. The second kappa shape index (κ2) is 5.41. The van der Waals surface area contributed by atoms with Crippen molar-refractivity contribution < 1.29 is 13.5 Å². The van der Waals surface area contributed by atoms with Crippen molar-refractivity contribution in [3.05, 3.63) is 17.0 Å². The van der Waals surface area contributed by atoms with Crippen molar-refractivity contribution in [3.63, 3.8) is 0 Å². The van der Waals surface area contributed by atoms with Crippen molar-refractivity contribution in [1.82, 2.24) is 4.31 Å². The molecule has 0 atom stereocenters. The summed E-state index contributed by atoms with van der Waals surface area (Å²) in [6, 6.07) is 4.79. The third-order valence-electron chi connectivity index (χ3n) is 1.99. The number of hydrogen-bond donors (Lipinski definition) is 1. The Hall–Kier alpha value is -0.940. The lowest BCUT2D eigenvalue weighted by molar-refractivity contribution is 0.257. The van der Waals surface area contributed by atoms with E-state index in [0.717, 1.165) is 11.3 Å². The molecule has 5 nitrogen and oxygen atoms in total. The molecule has 0 saturated carbocycles. The predicted molar refractivity (Wildman–Crippen MR) is 60.6 cm³/mol. The molecule has 0 aliphatic heterocycles. The van der Waals surface area contributed by atoms with Crippen LogP contribution < -0.4 is 0 Å². The molecule has 0 radical (unpaired) electrons. The smallest absolute Gasteiger partial charge is 0.252 e. The largest absolute Gasteiger partial charge is 0.395 e. The molecule has 0 aromatic carbocycles. The first kappa shape index (κ1) is 13.1. The van der Waals surface area contributed by atoms with Crippen LogP contribution in [0.15, 0.2) is 16.3 Å². The minimum absolute atomic E-state index is 0.0681. The topological polar surface area (TPSA) is 81.4 Å². The number of rotatable bonds is 5. The van der Waals surface area contributed by atoms with Crippen LogP contribution in [0.2, 0.25) is 0 Å². The molecular formula is C9H12N2O3S2. The second-order valence-corrected chi connectivity index (χ2v) is 6.20. The first-order chi connectivity index (χ1) is 7.56. The Morgan fingerprint density at radius 1 is 1.56 bits per heavy atom. The molecule has 1 N–H and O–H groups in total. The maximum atomic E-state index is 12.0. The van der Waals surface area contributed by atoms with Gasteiger partial charge in [0.1, 0.15) is 15.2 Å². The highest BCUT2D eigenvalue weighted by molar-refractivity contribution is 7.91. The van der Waals surface area contributed by atoms with Crippen LogP contribution in [0, 0.1) is 11.3 Å². The SMILES string of the molecule is CCN(CCO)S(=O)(=O)c1ccc(C#N)s1. The summed E-state index contributed by atoms with van der Waals surface area (Å²) in [5, 5.41) is 17.4. The Labute approximate surface area is 98.6 Å². The van der Waals surface area contributed by atoms with Crippen LogP contribution in [0.5, 0.6) is 0 Å². The molecule has 0 saturated heterocycles. The first-order valence-electron chi connectivity index (χ1n) is 4.67. The van der Waals surface area contributed by atoms with E-state index in [1.807, 2.05) is 6.07 Å². The van der Waals surface area contributed by atoms with Gasteiger partial charge in [-0.3, -0.25) is 0 Å². The lowest BCUT2D eigenvalue weighted by Crippen LogP contribution is -2.32. The van der Waals surface area contributed by atoms with Gasteiger partial charge in [-0.2, -0.15) is 9.57 Å². The Kier molecular flexibility index (Phi) is 4.44. The molecule has 1 heterocycles. The van der Waals surface area contributed by atoms with E-state index in [2.05, 4.69) is 0 Å². The summed E-state index contributed by atoms with van der Waals surface area (Å²) in [4.78, 5) is 0.360. The van der Waals surface area contributed by atoms with Gasteiger partial charge in [-0.05, 0) is 12.1 Å². The Morgan fingerprint density at radius 3 is 2.69 bits per heavy atom. The molecule has 0 fully saturated rings. The zero-order valence-electron chi connectivity index (χ0n) is 8.75. The van der Waals surface area contributed by atoms with Crippen molar-refractivity contribution in [1.29, 1.82) is 5.26 Å². The summed E-state index contributed by atoms with van der Waals surface area (Å²) in [5.41, 5.74) is 0. The Morgan fingerprint density at radius 2 is 2.25 bits per heavy atom. The fraction of sp³-hybridized carbons (Fsp3) is 0.444. The van der Waals surface area contributed by atoms with E-state index in [4.69, 9.17) is 10.4 Å². The van der Waals surface area contributed by atoms with Gasteiger partial charge in [0.25, 0.3) is 10.0 Å². The molecule has 0 bridgehead atoms. The van der Waals surface area contributed by atoms with Gasteiger partial charge in [0.05, 0.1) is 6.61 Å². The number of likely N-dealkylation sites (N-methyl/N-ethyl adjacent to an activating group) is 1. The molecule has 0 aliphatic carbocycles. The number of aliphatic hydroxyl groups excluding tert-OH is 1. The second-order valence-electron chi connectivity index (χ2n) is 2.95. The normalized spacial score (nSPS) is 11.6. The number of sulfonamides is 1. The molecule has 0 aliphatic rings. The quantitative estimate of drug-likeness (QED) is 0.841. The Balaban J connectivity index is 3.05. The number of nitriles is 1. The van der Waals surface area contributed by atoms with E-state index in [0.29, 0.717) is 11.4 Å². The van der Waals surface area contributed by atoms with E-state index in [-0.39, 0.29) is 17.4 Å². The summed E-state index contributed by atoms with van der Waals surface area (Å²) in [6.45, 7) is 1.84. The summed E-state index contributed by atoms with van der Waals surface area (Å²) in [6.07, 6.45) is 0. The Bertz CT molecular complexity index is 487. The van der Waals surface area contributed by atoms with Crippen LogP contribution in [0.3, 0.4) is 0 Å². The first-order valence-corrected chi connectivity index (χ1v) is 6.92. The van der Waals surface area contributed by atoms with Gasteiger partial charge in [-0.1, -0.05) is 6.92 Å². The number of nitrogens with zero attached hydrogens (tertiary/aromatic N) is 2. The van der Waals surface area contributed by atoms with Gasteiger partial charge in [-0.25, -0.2) is 8.42 Å². The summed E-state index contributed by atoms with van der Waals surface area (Å²) in [5.74, 6) is 0. The van der Waals surface area contributed by atoms with Crippen LogP contribution in [0.25, 0.3) is 0 Å². The minimum Gasteiger partial charge on any atom is -0.395 e. The molecule has 1 aromatic heterocycles. The maximum Gasteiger partial charge on any atom is 0.252 e. The fourth-order valence-corrected chi connectivity index (χ4v) is 3.90. The summed E-state index contributed by atoms with van der Waals surface area (Å²) in [7, 11) is -3.56. The lowest BCUT2D eigenvalue weighted by atomic mass is 10.5. The van der Waals surface area contributed by atoms with Crippen LogP contribution in [0.1, 0.15) is 11.8 Å². The highest BCUT2D eigenvalue weighted by atomic mass is 32.2. The number of hydrogen-bond acceptors (Lipinski definition) is 5. The molecule has 88 valence electrons. The van der Waals surface area contributed by atoms with Gasteiger partial charge in [0.2, 0.25) is 0 Å². The van der Waals surface area contributed by atoms with Crippen molar-refractivity contribution in [2.75, 3.05) is 19.7 Å².